The molecule has 0 saturated carbocycles. The SMILES string of the molecule is c1ccc2c(c1)NCC2CNCc1ccsc1. The molecule has 0 spiro atoms. The van der Waals surface area contributed by atoms with Crippen molar-refractivity contribution in [2.24, 2.45) is 0 Å². The molecule has 0 radical (unpaired) electrons. The minimum atomic E-state index is 0.602. The molecule has 0 amide bonds. The van der Waals surface area contributed by atoms with Gasteiger partial charge in [-0.2, -0.15) is 11.3 Å². The van der Waals surface area contributed by atoms with Crippen LogP contribution in [0, 0.1) is 0 Å². The minimum absolute atomic E-state index is 0.602. The molecule has 0 aliphatic carbocycles. The van der Waals surface area contributed by atoms with Crippen LogP contribution in [0.3, 0.4) is 0 Å². The maximum absolute atomic E-state index is 3.54. The predicted octanol–water partition coefficient (Wildman–Crippen LogP) is 3.05. The second-order valence-electron chi connectivity index (χ2n) is 4.43. The summed E-state index contributed by atoms with van der Waals surface area (Å²) in [7, 11) is 0. The molecular formula is C14H16N2S. The number of thiophene rings is 1. The largest absolute Gasteiger partial charge is 0.384 e. The van der Waals surface area contributed by atoms with Gasteiger partial charge < -0.3 is 10.6 Å². The van der Waals surface area contributed by atoms with Crippen molar-refractivity contribution in [3.8, 4) is 0 Å². The van der Waals surface area contributed by atoms with Crippen molar-refractivity contribution in [2.75, 3.05) is 18.4 Å². The van der Waals surface area contributed by atoms with Crippen LogP contribution in [0.1, 0.15) is 17.0 Å². The molecule has 1 unspecified atom stereocenters. The fourth-order valence-electron chi connectivity index (χ4n) is 2.32. The van der Waals surface area contributed by atoms with E-state index in [1.807, 2.05) is 0 Å². The van der Waals surface area contributed by atoms with E-state index in [1.165, 1.54) is 16.8 Å². The summed E-state index contributed by atoms with van der Waals surface area (Å²) in [5.74, 6) is 0.602. The van der Waals surface area contributed by atoms with E-state index >= 15 is 0 Å². The molecule has 2 aromatic rings. The normalized spacial score (nSPS) is 17.8. The van der Waals surface area contributed by atoms with Crippen LogP contribution in [0.5, 0.6) is 0 Å². The van der Waals surface area contributed by atoms with Crippen molar-refractivity contribution in [1.82, 2.24) is 5.32 Å². The summed E-state index contributed by atoms with van der Waals surface area (Å²) < 4.78 is 0. The fourth-order valence-corrected chi connectivity index (χ4v) is 2.99. The van der Waals surface area contributed by atoms with Crippen molar-refractivity contribution in [2.45, 2.75) is 12.5 Å². The Bertz CT molecular complexity index is 479. The van der Waals surface area contributed by atoms with E-state index in [4.69, 9.17) is 0 Å². The highest BCUT2D eigenvalue weighted by Crippen LogP contribution is 2.30. The Hall–Kier alpha value is -1.32. The lowest BCUT2D eigenvalue weighted by atomic mass is 10.0. The number of rotatable bonds is 4. The average molecular weight is 244 g/mol. The molecule has 88 valence electrons. The average Bonchev–Trinajstić information content (AvgIpc) is 2.99. The van der Waals surface area contributed by atoms with Crippen LogP contribution in [-0.4, -0.2) is 13.1 Å². The van der Waals surface area contributed by atoms with E-state index < -0.39 is 0 Å². The monoisotopic (exact) mass is 244 g/mol. The van der Waals surface area contributed by atoms with Gasteiger partial charge in [-0.1, -0.05) is 18.2 Å². The van der Waals surface area contributed by atoms with Crippen LogP contribution < -0.4 is 10.6 Å². The number of fused-ring (bicyclic) bond motifs is 1. The molecule has 0 saturated heterocycles. The van der Waals surface area contributed by atoms with Gasteiger partial charge in [-0.05, 0) is 34.0 Å². The number of anilines is 1. The van der Waals surface area contributed by atoms with Crippen molar-refractivity contribution < 1.29 is 0 Å². The molecule has 2 nitrogen and oxygen atoms in total. The molecule has 2 N–H and O–H groups in total. The van der Waals surface area contributed by atoms with Crippen LogP contribution in [0.25, 0.3) is 0 Å². The first-order chi connectivity index (χ1) is 8.43. The van der Waals surface area contributed by atoms with Gasteiger partial charge in [-0.15, -0.1) is 0 Å². The Morgan fingerprint density at radius 2 is 2.24 bits per heavy atom. The smallest absolute Gasteiger partial charge is 0.0376 e. The van der Waals surface area contributed by atoms with Crippen molar-refractivity contribution >= 4 is 17.0 Å². The molecule has 0 bridgehead atoms. The molecule has 1 aromatic heterocycles. The maximum atomic E-state index is 3.54. The molecule has 3 heteroatoms. The van der Waals surface area contributed by atoms with Crippen molar-refractivity contribution in [1.29, 1.82) is 0 Å². The molecule has 1 atom stereocenters. The first kappa shape index (κ1) is 10.8. The lowest BCUT2D eigenvalue weighted by Crippen LogP contribution is -2.22. The van der Waals surface area contributed by atoms with Crippen LogP contribution in [0.2, 0.25) is 0 Å². The predicted molar refractivity (Wildman–Crippen MR) is 73.7 cm³/mol. The Balaban J connectivity index is 1.57. The zero-order valence-corrected chi connectivity index (χ0v) is 10.5. The zero-order chi connectivity index (χ0) is 11.5. The van der Waals surface area contributed by atoms with E-state index in [0.29, 0.717) is 5.92 Å². The molecule has 0 fully saturated rings. The van der Waals surface area contributed by atoms with Gasteiger partial charge in [-0.25, -0.2) is 0 Å². The van der Waals surface area contributed by atoms with E-state index in [1.54, 1.807) is 11.3 Å². The second kappa shape index (κ2) is 4.90. The molecule has 17 heavy (non-hydrogen) atoms. The summed E-state index contributed by atoms with van der Waals surface area (Å²) in [4.78, 5) is 0. The van der Waals surface area contributed by atoms with Gasteiger partial charge in [-0.3, -0.25) is 0 Å². The summed E-state index contributed by atoms with van der Waals surface area (Å²) >= 11 is 1.76. The van der Waals surface area contributed by atoms with Gasteiger partial charge in [0.1, 0.15) is 0 Å². The number of hydrogen-bond donors (Lipinski definition) is 2. The summed E-state index contributed by atoms with van der Waals surface area (Å²) in [5, 5.41) is 11.3. The van der Waals surface area contributed by atoms with Gasteiger partial charge in [0.2, 0.25) is 0 Å². The van der Waals surface area contributed by atoms with Crippen LogP contribution >= 0.6 is 11.3 Å². The summed E-state index contributed by atoms with van der Waals surface area (Å²) in [6.07, 6.45) is 0. The highest BCUT2D eigenvalue weighted by molar-refractivity contribution is 7.07. The van der Waals surface area contributed by atoms with Gasteiger partial charge >= 0.3 is 0 Å². The maximum Gasteiger partial charge on any atom is 0.0376 e. The van der Waals surface area contributed by atoms with E-state index in [9.17, 15) is 0 Å². The Kier molecular flexibility index (Phi) is 3.12. The number of para-hydroxylation sites is 1. The van der Waals surface area contributed by atoms with Gasteiger partial charge in [0.05, 0.1) is 0 Å². The van der Waals surface area contributed by atoms with Gasteiger partial charge in [0.15, 0.2) is 0 Å². The number of nitrogens with one attached hydrogen (secondary N) is 2. The third-order valence-electron chi connectivity index (χ3n) is 3.24. The molecule has 2 heterocycles. The van der Waals surface area contributed by atoms with Crippen LogP contribution in [0.4, 0.5) is 5.69 Å². The summed E-state index contributed by atoms with van der Waals surface area (Å²) in [5.41, 5.74) is 4.13. The zero-order valence-electron chi connectivity index (χ0n) is 9.65. The van der Waals surface area contributed by atoms with E-state index in [2.05, 4.69) is 51.7 Å². The molecule has 1 aliphatic heterocycles. The standard InChI is InChI=1S/C14H16N2S/c1-2-4-14-13(3-1)12(9-16-14)8-15-7-11-5-6-17-10-11/h1-6,10,12,15-16H,7-9H2. The van der Waals surface area contributed by atoms with Crippen molar-refractivity contribution in [3.63, 3.8) is 0 Å². The number of benzene rings is 1. The highest BCUT2D eigenvalue weighted by Gasteiger charge is 2.20. The second-order valence-corrected chi connectivity index (χ2v) is 5.21. The minimum Gasteiger partial charge on any atom is -0.384 e. The van der Waals surface area contributed by atoms with E-state index in [-0.39, 0.29) is 0 Å². The number of hydrogen-bond acceptors (Lipinski definition) is 3. The summed E-state index contributed by atoms with van der Waals surface area (Å²) in [6.45, 7) is 3.07. The Morgan fingerprint density at radius 3 is 3.12 bits per heavy atom. The third-order valence-corrected chi connectivity index (χ3v) is 3.97. The molecule has 1 aliphatic rings. The third kappa shape index (κ3) is 2.35. The Morgan fingerprint density at radius 1 is 1.29 bits per heavy atom. The molecule has 3 rings (SSSR count). The first-order valence-corrected chi connectivity index (χ1v) is 6.92. The first-order valence-electron chi connectivity index (χ1n) is 5.98. The topological polar surface area (TPSA) is 24.1 Å². The fraction of sp³-hybridized carbons (Fsp3) is 0.286. The Labute approximate surface area is 106 Å². The summed E-state index contributed by atoms with van der Waals surface area (Å²) in [6, 6.07) is 10.8. The van der Waals surface area contributed by atoms with E-state index in [0.717, 1.165) is 19.6 Å². The van der Waals surface area contributed by atoms with Gasteiger partial charge in [0.25, 0.3) is 0 Å². The lowest BCUT2D eigenvalue weighted by Gasteiger charge is -2.10. The van der Waals surface area contributed by atoms with Crippen LogP contribution in [0.15, 0.2) is 41.1 Å². The quantitative estimate of drug-likeness (QED) is 0.864. The van der Waals surface area contributed by atoms with Crippen molar-refractivity contribution in [3.05, 3.63) is 52.2 Å². The molecular weight excluding hydrogens is 228 g/mol. The highest BCUT2D eigenvalue weighted by atomic mass is 32.1. The molecule has 1 aromatic carbocycles. The van der Waals surface area contributed by atoms with Gasteiger partial charge in [0, 0.05) is 31.2 Å². The van der Waals surface area contributed by atoms with Crippen LogP contribution in [-0.2, 0) is 6.54 Å². The lowest BCUT2D eigenvalue weighted by molar-refractivity contribution is 0.614.